The van der Waals surface area contributed by atoms with Gasteiger partial charge in [0.1, 0.15) is 12.2 Å². The molecule has 0 aromatic carbocycles. The van der Waals surface area contributed by atoms with Crippen molar-refractivity contribution in [2.75, 3.05) is 19.7 Å². The van der Waals surface area contributed by atoms with Gasteiger partial charge in [-0.2, -0.15) is 0 Å². The third-order valence-electron chi connectivity index (χ3n) is 3.05. The number of pyridine rings is 1. The van der Waals surface area contributed by atoms with Crippen molar-refractivity contribution >= 4 is 0 Å². The highest BCUT2D eigenvalue weighted by molar-refractivity contribution is 5.35. The van der Waals surface area contributed by atoms with Gasteiger partial charge < -0.3 is 14.8 Å². The molecule has 2 aliphatic heterocycles. The summed E-state index contributed by atoms with van der Waals surface area (Å²) >= 11 is 0. The predicted molar refractivity (Wildman–Crippen MR) is 55.2 cm³/mol. The van der Waals surface area contributed by atoms with Crippen LogP contribution in [0.5, 0.6) is 11.6 Å². The zero-order valence-corrected chi connectivity index (χ0v) is 8.53. The molecule has 0 atom stereocenters. The molecule has 2 aliphatic rings. The van der Waals surface area contributed by atoms with Gasteiger partial charge in [0.05, 0.1) is 0 Å². The van der Waals surface area contributed by atoms with Crippen LogP contribution < -0.4 is 14.8 Å². The minimum absolute atomic E-state index is 0.146. The maximum absolute atomic E-state index is 5.98. The number of hydrogen-bond acceptors (Lipinski definition) is 4. The molecule has 0 radical (unpaired) electrons. The van der Waals surface area contributed by atoms with Crippen molar-refractivity contribution in [2.24, 2.45) is 0 Å². The summed E-state index contributed by atoms with van der Waals surface area (Å²) in [5, 5.41) is 3.32. The largest absolute Gasteiger partial charge is 0.484 e. The summed E-state index contributed by atoms with van der Waals surface area (Å²) in [4.78, 5) is 4.20. The molecule has 1 N–H and O–H groups in total. The van der Waals surface area contributed by atoms with Gasteiger partial charge in [-0.25, -0.2) is 4.98 Å². The average Bonchev–Trinajstić information content (AvgIpc) is 2.30. The van der Waals surface area contributed by atoms with E-state index in [-0.39, 0.29) is 5.60 Å². The van der Waals surface area contributed by atoms with Gasteiger partial charge in [0, 0.05) is 19.0 Å². The van der Waals surface area contributed by atoms with Crippen molar-refractivity contribution in [3.05, 3.63) is 18.3 Å². The Hall–Kier alpha value is -1.29. The zero-order valence-electron chi connectivity index (χ0n) is 8.53. The van der Waals surface area contributed by atoms with E-state index in [4.69, 9.17) is 9.47 Å². The lowest BCUT2D eigenvalue weighted by Gasteiger charge is -2.40. The highest BCUT2D eigenvalue weighted by Crippen LogP contribution is 2.36. The fourth-order valence-corrected chi connectivity index (χ4v) is 2.14. The highest BCUT2D eigenvalue weighted by atomic mass is 16.6. The van der Waals surface area contributed by atoms with Gasteiger partial charge in [-0.15, -0.1) is 0 Å². The number of piperidine rings is 1. The zero-order chi connectivity index (χ0) is 10.1. The van der Waals surface area contributed by atoms with Gasteiger partial charge in [0.15, 0.2) is 5.75 Å². The second kappa shape index (κ2) is 3.38. The second-order valence-electron chi connectivity index (χ2n) is 4.13. The molecule has 4 heteroatoms. The van der Waals surface area contributed by atoms with E-state index < -0.39 is 0 Å². The minimum Gasteiger partial charge on any atom is -0.484 e. The number of hydrogen-bond donors (Lipinski definition) is 1. The number of ether oxygens (including phenoxy) is 2. The predicted octanol–water partition coefficient (Wildman–Crippen LogP) is 0.975. The first-order chi connectivity index (χ1) is 7.38. The summed E-state index contributed by atoms with van der Waals surface area (Å²) in [5.41, 5.74) is -0.146. The first-order valence-electron chi connectivity index (χ1n) is 5.36. The van der Waals surface area contributed by atoms with E-state index in [0.717, 1.165) is 31.7 Å². The van der Waals surface area contributed by atoms with Crippen molar-refractivity contribution in [1.29, 1.82) is 0 Å². The lowest BCUT2D eigenvalue weighted by atomic mass is 9.92. The van der Waals surface area contributed by atoms with E-state index in [9.17, 15) is 0 Å². The van der Waals surface area contributed by atoms with Crippen molar-refractivity contribution in [3.63, 3.8) is 0 Å². The molecule has 1 aromatic heterocycles. The summed E-state index contributed by atoms with van der Waals surface area (Å²) in [7, 11) is 0. The van der Waals surface area contributed by atoms with Crippen LogP contribution in [-0.2, 0) is 0 Å². The molecule has 0 aliphatic carbocycles. The highest BCUT2D eigenvalue weighted by Gasteiger charge is 2.39. The van der Waals surface area contributed by atoms with Gasteiger partial charge >= 0.3 is 0 Å². The Bertz CT molecular complexity index is 361. The molecule has 3 heterocycles. The monoisotopic (exact) mass is 206 g/mol. The molecular weight excluding hydrogens is 192 g/mol. The van der Waals surface area contributed by atoms with Crippen LogP contribution in [0.25, 0.3) is 0 Å². The molecule has 1 saturated heterocycles. The van der Waals surface area contributed by atoms with E-state index in [1.54, 1.807) is 6.20 Å². The molecule has 3 rings (SSSR count). The Morgan fingerprint density at radius 2 is 2.20 bits per heavy atom. The van der Waals surface area contributed by atoms with Gasteiger partial charge in [-0.1, -0.05) is 0 Å². The maximum Gasteiger partial charge on any atom is 0.257 e. The quantitative estimate of drug-likeness (QED) is 0.687. The van der Waals surface area contributed by atoms with E-state index in [1.807, 2.05) is 12.1 Å². The second-order valence-corrected chi connectivity index (χ2v) is 4.13. The van der Waals surface area contributed by atoms with Crippen LogP contribution in [0.15, 0.2) is 18.3 Å². The standard InChI is InChI=1S/C11H14N2O2/c1-2-9-10(13-5-1)15-11(8-14-9)3-6-12-7-4-11/h1-2,5,12H,3-4,6-8H2. The fraction of sp³-hybridized carbons (Fsp3) is 0.545. The Morgan fingerprint density at radius 1 is 1.33 bits per heavy atom. The van der Waals surface area contributed by atoms with Crippen LogP contribution in [0.4, 0.5) is 0 Å². The Morgan fingerprint density at radius 3 is 3.07 bits per heavy atom. The molecule has 0 bridgehead atoms. The lowest BCUT2D eigenvalue weighted by Crippen LogP contribution is -2.52. The third-order valence-corrected chi connectivity index (χ3v) is 3.05. The fourth-order valence-electron chi connectivity index (χ4n) is 2.14. The van der Waals surface area contributed by atoms with E-state index in [1.165, 1.54) is 0 Å². The molecule has 0 saturated carbocycles. The van der Waals surface area contributed by atoms with E-state index in [2.05, 4.69) is 10.3 Å². The van der Waals surface area contributed by atoms with Gasteiger partial charge in [0.25, 0.3) is 5.88 Å². The van der Waals surface area contributed by atoms with Crippen LogP contribution in [0.3, 0.4) is 0 Å². The van der Waals surface area contributed by atoms with Crippen LogP contribution >= 0.6 is 0 Å². The number of nitrogens with zero attached hydrogens (tertiary/aromatic N) is 1. The maximum atomic E-state index is 5.98. The number of fused-ring (bicyclic) bond motifs is 1. The van der Waals surface area contributed by atoms with Gasteiger partial charge in [-0.3, -0.25) is 0 Å². The molecule has 1 fully saturated rings. The average molecular weight is 206 g/mol. The molecule has 1 aromatic rings. The Kier molecular flexibility index (Phi) is 2.02. The van der Waals surface area contributed by atoms with Crippen LogP contribution in [0.2, 0.25) is 0 Å². The molecular formula is C11H14N2O2. The molecule has 4 nitrogen and oxygen atoms in total. The molecule has 80 valence electrons. The van der Waals surface area contributed by atoms with Crippen molar-refractivity contribution < 1.29 is 9.47 Å². The number of aromatic nitrogens is 1. The van der Waals surface area contributed by atoms with Crippen molar-refractivity contribution in [2.45, 2.75) is 18.4 Å². The summed E-state index contributed by atoms with van der Waals surface area (Å²) < 4.78 is 11.7. The molecule has 15 heavy (non-hydrogen) atoms. The smallest absolute Gasteiger partial charge is 0.257 e. The third kappa shape index (κ3) is 1.55. The van der Waals surface area contributed by atoms with Crippen molar-refractivity contribution in [1.82, 2.24) is 10.3 Å². The molecule has 0 amide bonds. The van der Waals surface area contributed by atoms with Crippen LogP contribution in [0, 0.1) is 0 Å². The number of rotatable bonds is 0. The van der Waals surface area contributed by atoms with Crippen LogP contribution in [0.1, 0.15) is 12.8 Å². The summed E-state index contributed by atoms with van der Waals surface area (Å²) in [5.74, 6) is 1.41. The van der Waals surface area contributed by atoms with Gasteiger partial charge in [-0.05, 0) is 25.2 Å². The van der Waals surface area contributed by atoms with Crippen LogP contribution in [-0.4, -0.2) is 30.3 Å². The Labute approximate surface area is 88.6 Å². The normalized spacial score (nSPS) is 22.7. The number of nitrogens with one attached hydrogen (secondary N) is 1. The Balaban J connectivity index is 1.87. The summed E-state index contributed by atoms with van der Waals surface area (Å²) in [6, 6.07) is 3.76. The summed E-state index contributed by atoms with van der Waals surface area (Å²) in [6.07, 6.45) is 3.72. The minimum atomic E-state index is -0.146. The van der Waals surface area contributed by atoms with E-state index >= 15 is 0 Å². The molecule has 0 unspecified atom stereocenters. The summed E-state index contributed by atoms with van der Waals surface area (Å²) in [6.45, 7) is 2.63. The van der Waals surface area contributed by atoms with E-state index in [0.29, 0.717) is 12.5 Å². The topological polar surface area (TPSA) is 43.4 Å². The first kappa shape index (κ1) is 8.97. The first-order valence-corrected chi connectivity index (χ1v) is 5.36. The van der Waals surface area contributed by atoms with Crippen molar-refractivity contribution in [3.8, 4) is 11.6 Å². The molecule has 1 spiro atoms. The lowest BCUT2D eigenvalue weighted by molar-refractivity contribution is -0.0343. The SMILES string of the molecule is c1cnc2c(c1)OCC1(CCNCC1)O2. The van der Waals surface area contributed by atoms with Gasteiger partial charge in [0.2, 0.25) is 0 Å².